The fourth-order valence-electron chi connectivity index (χ4n) is 0. The first kappa shape index (κ1) is 16.4. The van der Waals surface area contributed by atoms with E-state index in [2.05, 4.69) is 0 Å². The summed E-state index contributed by atoms with van der Waals surface area (Å²) >= 11 is 0. The molecule has 2 N–H and O–H groups in total. The molecule has 0 heterocycles. The van der Waals surface area contributed by atoms with Crippen molar-refractivity contribution in [2.75, 3.05) is 0 Å². The van der Waals surface area contributed by atoms with Gasteiger partial charge in [-0.1, -0.05) is 0 Å². The zero-order valence-electron chi connectivity index (χ0n) is 5.09. The van der Waals surface area contributed by atoms with E-state index in [9.17, 15) is 0 Å². The number of rotatable bonds is 2. The molecule has 0 aromatic heterocycles. The third-order valence-corrected chi connectivity index (χ3v) is 0.236. The molecule has 0 saturated carbocycles. The fourth-order valence-corrected chi connectivity index (χ4v) is 0. The van der Waals surface area contributed by atoms with E-state index in [1.807, 2.05) is 0 Å². The third kappa shape index (κ3) is 51.9. The minimum atomic E-state index is -1.45. The molecule has 0 amide bonds. The van der Waals surface area contributed by atoms with E-state index < -0.39 is 11.9 Å². The molecule has 0 aromatic rings. The zero-order valence-corrected chi connectivity index (χ0v) is 6.03. The number of aliphatic carboxylic acids is 2. The molecule has 0 saturated heterocycles. The maximum Gasteiger partial charge on any atom is 2.00 e. The van der Waals surface area contributed by atoms with Crippen molar-refractivity contribution >= 4 is 24.4 Å². The van der Waals surface area contributed by atoms with Crippen molar-refractivity contribution < 1.29 is 36.9 Å². The summed E-state index contributed by atoms with van der Waals surface area (Å²) < 4.78 is 0. The third-order valence-electron chi connectivity index (χ3n) is 0.236. The molecule has 0 atom stereocenters. The van der Waals surface area contributed by atoms with Gasteiger partial charge in [0.1, 0.15) is 0 Å². The average molecular weight is 208 g/mol. The SMILES string of the molecule is N=CC(=O)[O-].N=CC(=O)[O-].[Cu+2]. The van der Waals surface area contributed by atoms with Gasteiger partial charge in [-0.05, 0) is 0 Å². The van der Waals surface area contributed by atoms with Crippen molar-refractivity contribution in [2.45, 2.75) is 0 Å². The van der Waals surface area contributed by atoms with Gasteiger partial charge in [0.05, 0.1) is 11.9 Å². The van der Waals surface area contributed by atoms with E-state index in [0.717, 1.165) is 0 Å². The van der Waals surface area contributed by atoms with Crippen LogP contribution in [0.4, 0.5) is 0 Å². The molecular formula is C4H4CuN2O4. The minimum Gasteiger partial charge on any atom is -0.544 e. The smallest absolute Gasteiger partial charge is 0.544 e. The predicted molar refractivity (Wildman–Crippen MR) is 27.6 cm³/mol. The van der Waals surface area contributed by atoms with E-state index in [1.54, 1.807) is 0 Å². The van der Waals surface area contributed by atoms with Crippen molar-refractivity contribution in [3.05, 3.63) is 0 Å². The van der Waals surface area contributed by atoms with Crippen LogP contribution in [-0.4, -0.2) is 24.4 Å². The molecule has 65 valence electrons. The Morgan fingerprint density at radius 2 is 1.09 bits per heavy atom. The van der Waals surface area contributed by atoms with Gasteiger partial charge in [0.25, 0.3) is 0 Å². The van der Waals surface area contributed by atoms with Crippen molar-refractivity contribution in [3.8, 4) is 0 Å². The van der Waals surface area contributed by atoms with Crippen LogP contribution in [0.1, 0.15) is 0 Å². The normalized spacial score (nSPS) is 5.82. The fraction of sp³-hybridized carbons (Fsp3) is 0. The number of carboxylic acids is 2. The predicted octanol–water partition coefficient (Wildman–Crippen LogP) is -3.23. The summed E-state index contributed by atoms with van der Waals surface area (Å²) in [4.78, 5) is 18.0. The van der Waals surface area contributed by atoms with Crippen LogP contribution in [-0.2, 0) is 26.7 Å². The monoisotopic (exact) mass is 207 g/mol. The van der Waals surface area contributed by atoms with Crippen LogP contribution in [0.2, 0.25) is 0 Å². The Balaban J connectivity index is -0.000000107. The first-order valence-electron chi connectivity index (χ1n) is 1.97. The number of hydrogen-bond acceptors (Lipinski definition) is 6. The molecular weight excluding hydrogens is 204 g/mol. The average Bonchev–Trinajstić information content (AvgIpc) is 1.89. The first-order chi connectivity index (χ1) is 4.54. The number of carbonyl (C=O) groups excluding carboxylic acids is 2. The summed E-state index contributed by atoms with van der Waals surface area (Å²) in [5, 5.41) is 29.8. The van der Waals surface area contributed by atoms with Crippen LogP contribution >= 0.6 is 0 Å². The van der Waals surface area contributed by atoms with Crippen molar-refractivity contribution in [1.29, 1.82) is 10.8 Å². The van der Waals surface area contributed by atoms with Crippen LogP contribution in [0, 0.1) is 10.8 Å². The Kier molecular flexibility index (Phi) is 17.3. The maximum absolute atomic E-state index is 9.01. The molecule has 0 bridgehead atoms. The molecule has 0 aliphatic rings. The van der Waals surface area contributed by atoms with Gasteiger partial charge in [-0.15, -0.1) is 0 Å². The number of carboxylic acid groups (broad SMARTS) is 2. The summed E-state index contributed by atoms with van der Waals surface area (Å²) in [6.07, 6.45) is 0.444. The minimum absolute atomic E-state index is 0. The van der Waals surface area contributed by atoms with Gasteiger partial charge in [-0.3, -0.25) is 0 Å². The summed E-state index contributed by atoms with van der Waals surface area (Å²) in [7, 11) is 0. The van der Waals surface area contributed by atoms with Crippen LogP contribution in [0.15, 0.2) is 0 Å². The van der Waals surface area contributed by atoms with E-state index in [4.69, 9.17) is 30.6 Å². The molecule has 0 fully saturated rings. The van der Waals surface area contributed by atoms with Gasteiger partial charge in [-0.25, -0.2) is 0 Å². The van der Waals surface area contributed by atoms with Gasteiger partial charge in [0.2, 0.25) is 0 Å². The molecule has 0 aromatic carbocycles. The largest absolute Gasteiger partial charge is 2.00 e. The molecule has 7 heteroatoms. The number of nitrogens with one attached hydrogen (secondary N) is 2. The number of hydrogen-bond donors (Lipinski definition) is 2. The van der Waals surface area contributed by atoms with Gasteiger partial charge in [0, 0.05) is 12.4 Å². The Morgan fingerprint density at radius 3 is 1.09 bits per heavy atom. The van der Waals surface area contributed by atoms with Crippen molar-refractivity contribution in [2.24, 2.45) is 0 Å². The van der Waals surface area contributed by atoms with Crippen molar-refractivity contribution in [3.63, 3.8) is 0 Å². The molecule has 0 aliphatic carbocycles. The molecule has 0 spiro atoms. The summed E-state index contributed by atoms with van der Waals surface area (Å²) in [5.41, 5.74) is 0. The Hall–Kier alpha value is -1.20. The number of carbonyl (C=O) groups is 2. The quantitative estimate of drug-likeness (QED) is 0.364. The molecule has 6 nitrogen and oxygen atoms in total. The molecule has 11 heavy (non-hydrogen) atoms. The second kappa shape index (κ2) is 11.6. The maximum atomic E-state index is 9.01. The molecule has 0 unspecified atom stereocenters. The second-order valence-corrected chi connectivity index (χ2v) is 0.927. The van der Waals surface area contributed by atoms with E-state index in [-0.39, 0.29) is 29.5 Å². The molecule has 0 rings (SSSR count). The van der Waals surface area contributed by atoms with Gasteiger partial charge >= 0.3 is 17.1 Å². The van der Waals surface area contributed by atoms with E-state index in [0.29, 0.717) is 0 Å². The topological polar surface area (TPSA) is 128 Å². The van der Waals surface area contributed by atoms with Gasteiger partial charge in [-0.2, -0.15) is 0 Å². The second-order valence-electron chi connectivity index (χ2n) is 0.927. The van der Waals surface area contributed by atoms with E-state index >= 15 is 0 Å². The zero-order chi connectivity index (χ0) is 8.57. The standard InChI is InChI=1S/2C2H3NO2.Cu/c2*3-1-2(4)5;/h2*1,3H,(H,4,5);/q;;+2/p-2. The Bertz CT molecular complexity index is 140. The Morgan fingerprint density at radius 1 is 1.00 bits per heavy atom. The summed E-state index contributed by atoms with van der Waals surface area (Å²) in [5.74, 6) is -2.91. The first-order valence-corrected chi connectivity index (χ1v) is 1.97. The van der Waals surface area contributed by atoms with Gasteiger partial charge < -0.3 is 30.6 Å². The van der Waals surface area contributed by atoms with Crippen LogP contribution in [0.25, 0.3) is 0 Å². The molecule has 1 radical (unpaired) electrons. The molecule has 0 aliphatic heterocycles. The van der Waals surface area contributed by atoms with Crippen LogP contribution in [0.3, 0.4) is 0 Å². The summed E-state index contributed by atoms with van der Waals surface area (Å²) in [6.45, 7) is 0. The van der Waals surface area contributed by atoms with E-state index in [1.165, 1.54) is 0 Å². The van der Waals surface area contributed by atoms with Gasteiger partial charge in [0.15, 0.2) is 0 Å². The van der Waals surface area contributed by atoms with Crippen molar-refractivity contribution in [1.82, 2.24) is 0 Å². The summed E-state index contributed by atoms with van der Waals surface area (Å²) in [6, 6.07) is 0. The van der Waals surface area contributed by atoms with Crippen LogP contribution < -0.4 is 10.2 Å². The van der Waals surface area contributed by atoms with Crippen LogP contribution in [0.5, 0.6) is 0 Å². The Labute approximate surface area is 72.7 Å².